The van der Waals surface area contributed by atoms with Gasteiger partial charge < -0.3 is 9.64 Å². The molecule has 6 nitrogen and oxygen atoms in total. The van der Waals surface area contributed by atoms with Crippen LogP contribution in [0.4, 0.5) is 9.93 Å². The average Bonchev–Trinajstić information content (AvgIpc) is 3.02. The molecule has 1 aromatic carbocycles. The molecule has 1 aliphatic heterocycles. The maximum Gasteiger partial charge on any atom is 0.409 e. The molecule has 0 spiro atoms. The third-order valence-corrected chi connectivity index (χ3v) is 5.48. The van der Waals surface area contributed by atoms with Gasteiger partial charge in [-0.2, -0.15) is 0 Å². The van der Waals surface area contributed by atoms with Crippen molar-refractivity contribution >= 4 is 40.2 Å². The molecule has 0 atom stereocenters. The monoisotopic (exact) mass is 363 g/mol. The zero-order valence-electron chi connectivity index (χ0n) is 13.4. The van der Waals surface area contributed by atoms with Crippen molar-refractivity contribution in [3.05, 3.63) is 40.4 Å². The number of thioether (sulfide) groups is 1. The van der Waals surface area contributed by atoms with E-state index in [1.165, 1.54) is 18.4 Å². The van der Waals surface area contributed by atoms with E-state index in [-0.39, 0.29) is 12.0 Å². The predicted octanol–water partition coefficient (Wildman–Crippen LogP) is 3.24. The number of nitrogens with zero attached hydrogens (tertiary/aromatic N) is 2. The second-order valence-electron chi connectivity index (χ2n) is 5.21. The fourth-order valence-corrected chi connectivity index (χ4v) is 3.87. The van der Waals surface area contributed by atoms with Gasteiger partial charge in [-0.05, 0) is 30.5 Å². The van der Waals surface area contributed by atoms with E-state index in [1.54, 1.807) is 28.8 Å². The minimum absolute atomic E-state index is 0.182. The van der Waals surface area contributed by atoms with Crippen LogP contribution in [-0.2, 0) is 17.7 Å². The van der Waals surface area contributed by atoms with Crippen LogP contribution in [-0.4, -0.2) is 41.8 Å². The Morgan fingerprint density at radius 2 is 2.08 bits per heavy atom. The van der Waals surface area contributed by atoms with E-state index in [0.29, 0.717) is 30.2 Å². The van der Waals surface area contributed by atoms with Crippen LogP contribution in [0.1, 0.15) is 20.9 Å². The van der Waals surface area contributed by atoms with Gasteiger partial charge in [0.25, 0.3) is 5.91 Å². The Morgan fingerprint density at radius 1 is 1.33 bits per heavy atom. The Morgan fingerprint density at radius 3 is 2.75 bits per heavy atom. The van der Waals surface area contributed by atoms with Crippen molar-refractivity contribution in [2.45, 2.75) is 17.9 Å². The summed E-state index contributed by atoms with van der Waals surface area (Å²) in [6, 6.07) is 7.43. The van der Waals surface area contributed by atoms with Gasteiger partial charge in [0.2, 0.25) is 0 Å². The van der Waals surface area contributed by atoms with Crippen LogP contribution in [0, 0.1) is 0 Å². The number of thiazole rings is 1. The number of aromatic nitrogens is 1. The lowest BCUT2D eigenvalue weighted by molar-refractivity contribution is 0.102. The largest absolute Gasteiger partial charge is 0.453 e. The van der Waals surface area contributed by atoms with Crippen LogP contribution in [0.5, 0.6) is 0 Å². The zero-order chi connectivity index (χ0) is 17.1. The van der Waals surface area contributed by atoms with E-state index in [0.717, 1.165) is 15.5 Å². The van der Waals surface area contributed by atoms with E-state index in [1.807, 2.05) is 18.4 Å². The molecule has 0 unspecified atom stereocenters. The first-order chi connectivity index (χ1) is 11.6. The Kier molecular flexibility index (Phi) is 5.06. The Bertz CT molecular complexity index is 758. The van der Waals surface area contributed by atoms with E-state index < -0.39 is 0 Å². The van der Waals surface area contributed by atoms with Crippen LogP contribution < -0.4 is 5.32 Å². The summed E-state index contributed by atoms with van der Waals surface area (Å²) in [5.74, 6) is -0.182. The second kappa shape index (κ2) is 7.23. The molecule has 0 radical (unpaired) electrons. The van der Waals surface area contributed by atoms with Crippen LogP contribution in [0.15, 0.2) is 29.2 Å². The van der Waals surface area contributed by atoms with Crippen LogP contribution in [0.25, 0.3) is 0 Å². The van der Waals surface area contributed by atoms with Gasteiger partial charge in [0.15, 0.2) is 5.13 Å². The lowest BCUT2D eigenvalue weighted by Crippen LogP contribution is -2.35. The van der Waals surface area contributed by atoms with Crippen LogP contribution in [0.3, 0.4) is 0 Å². The van der Waals surface area contributed by atoms with Gasteiger partial charge in [-0.25, -0.2) is 9.78 Å². The number of hydrogen-bond acceptors (Lipinski definition) is 6. The van der Waals surface area contributed by atoms with Gasteiger partial charge in [0, 0.05) is 28.3 Å². The summed E-state index contributed by atoms with van der Waals surface area (Å²) in [7, 11) is 1.37. The van der Waals surface area contributed by atoms with Gasteiger partial charge in [0.05, 0.1) is 19.3 Å². The molecule has 1 aliphatic rings. The van der Waals surface area contributed by atoms with Crippen molar-refractivity contribution in [1.82, 2.24) is 9.88 Å². The third kappa shape index (κ3) is 3.54. The molecule has 0 aliphatic carbocycles. The number of carbonyl (C=O) groups excluding carboxylic acids is 2. The lowest BCUT2D eigenvalue weighted by atomic mass is 10.2. The molecule has 3 rings (SSSR count). The van der Waals surface area contributed by atoms with Crippen molar-refractivity contribution in [1.29, 1.82) is 0 Å². The Labute approximate surface area is 148 Å². The molecule has 24 heavy (non-hydrogen) atoms. The average molecular weight is 363 g/mol. The third-order valence-electron chi connectivity index (χ3n) is 3.74. The number of benzene rings is 1. The standard InChI is InChI=1S/C16H17N3O3S2/c1-22-16(21)19-8-7-12-13(9-19)24-15(17-12)18-14(20)10-3-5-11(23-2)6-4-10/h3-6H,7-9H2,1-2H3,(H,17,18,20). The minimum atomic E-state index is -0.339. The van der Waals surface area contributed by atoms with Crippen LogP contribution >= 0.6 is 23.1 Å². The van der Waals surface area contributed by atoms with E-state index in [9.17, 15) is 9.59 Å². The quantitative estimate of drug-likeness (QED) is 0.848. The maximum atomic E-state index is 12.3. The van der Waals surface area contributed by atoms with E-state index >= 15 is 0 Å². The molecule has 2 heterocycles. The molecule has 8 heteroatoms. The minimum Gasteiger partial charge on any atom is -0.453 e. The smallest absolute Gasteiger partial charge is 0.409 e. The molecule has 126 valence electrons. The number of nitrogens with one attached hydrogen (secondary N) is 1. The molecule has 0 bridgehead atoms. The molecule has 1 N–H and O–H groups in total. The zero-order valence-corrected chi connectivity index (χ0v) is 15.0. The summed E-state index contributed by atoms with van der Waals surface area (Å²) in [5.41, 5.74) is 1.53. The second-order valence-corrected chi connectivity index (χ2v) is 7.18. The summed E-state index contributed by atoms with van der Waals surface area (Å²) in [6.07, 6.45) is 2.32. The molecule has 0 saturated heterocycles. The number of anilines is 1. The first-order valence-electron chi connectivity index (χ1n) is 7.37. The van der Waals surface area contributed by atoms with Crippen molar-refractivity contribution in [3.8, 4) is 0 Å². The highest BCUT2D eigenvalue weighted by Gasteiger charge is 2.25. The fraction of sp³-hybridized carbons (Fsp3) is 0.312. The fourth-order valence-electron chi connectivity index (χ4n) is 2.45. The predicted molar refractivity (Wildman–Crippen MR) is 94.8 cm³/mol. The number of carbonyl (C=O) groups is 2. The number of methoxy groups -OCH3 is 1. The Balaban J connectivity index is 1.69. The number of amides is 2. The normalized spacial score (nSPS) is 13.3. The van der Waals surface area contributed by atoms with Gasteiger partial charge in [-0.15, -0.1) is 11.8 Å². The van der Waals surface area contributed by atoms with Crippen LogP contribution in [0.2, 0.25) is 0 Å². The highest BCUT2D eigenvalue weighted by atomic mass is 32.2. The summed E-state index contributed by atoms with van der Waals surface area (Å²) < 4.78 is 4.75. The molecule has 1 aromatic heterocycles. The number of hydrogen-bond donors (Lipinski definition) is 1. The van der Waals surface area contributed by atoms with E-state index in [2.05, 4.69) is 10.3 Å². The number of ether oxygens (including phenoxy) is 1. The Hall–Kier alpha value is -2.06. The van der Waals surface area contributed by atoms with Crippen molar-refractivity contribution in [2.75, 3.05) is 25.2 Å². The van der Waals surface area contributed by atoms with Gasteiger partial charge in [-0.3, -0.25) is 10.1 Å². The first-order valence-corrected chi connectivity index (χ1v) is 9.41. The van der Waals surface area contributed by atoms with Gasteiger partial charge >= 0.3 is 6.09 Å². The van der Waals surface area contributed by atoms with Gasteiger partial charge in [0.1, 0.15) is 0 Å². The van der Waals surface area contributed by atoms with Crippen molar-refractivity contribution in [2.24, 2.45) is 0 Å². The molecular formula is C16H17N3O3S2. The first kappa shape index (κ1) is 16.8. The molecule has 2 aromatic rings. The molecule has 2 amide bonds. The molecule has 0 fully saturated rings. The number of rotatable bonds is 3. The van der Waals surface area contributed by atoms with Crippen molar-refractivity contribution < 1.29 is 14.3 Å². The lowest BCUT2D eigenvalue weighted by Gasteiger charge is -2.24. The summed E-state index contributed by atoms with van der Waals surface area (Å²) in [6.45, 7) is 1.05. The topological polar surface area (TPSA) is 71.5 Å². The summed E-state index contributed by atoms with van der Waals surface area (Å²) in [5, 5.41) is 3.40. The summed E-state index contributed by atoms with van der Waals surface area (Å²) >= 11 is 3.03. The highest BCUT2D eigenvalue weighted by Crippen LogP contribution is 2.29. The summed E-state index contributed by atoms with van der Waals surface area (Å²) in [4.78, 5) is 32.1. The van der Waals surface area contributed by atoms with Crippen molar-refractivity contribution in [3.63, 3.8) is 0 Å². The SMILES string of the molecule is COC(=O)N1CCc2nc(NC(=O)c3ccc(SC)cc3)sc2C1. The van der Waals surface area contributed by atoms with E-state index in [4.69, 9.17) is 4.74 Å². The number of fused-ring (bicyclic) bond motifs is 1. The highest BCUT2D eigenvalue weighted by molar-refractivity contribution is 7.98. The molecular weight excluding hydrogens is 346 g/mol. The molecule has 0 saturated carbocycles. The maximum absolute atomic E-state index is 12.3. The van der Waals surface area contributed by atoms with Gasteiger partial charge in [-0.1, -0.05) is 11.3 Å².